The Morgan fingerprint density at radius 2 is 2.22 bits per heavy atom. The number of alkyl halides is 3. The lowest BCUT2D eigenvalue weighted by Crippen LogP contribution is -2.50. The van der Waals surface area contributed by atoms with Crippen molar-refractivity contribution in [1.82, 2.24) is 20.0 Å². The molecule has 3 heterocycles. The van der Waals surface area contributed by atoms with Gasteiger partial charge in [-0.15, -0.1) is 0 Å². The molecule has 2 aromatic rings. The van der Waals surface area contributed by atoms with Crippen LogP contribution in [0.1, 0.15) is 18.5 Å². The van der Waals surface area contributed by atoms with E-state index in [0.717, 1.165) is 4.90 Å². The molecule has 1 unspecified atom stereocenters. The van der Waals surface area contributed by atoms with Gasteiger partial charge in [0.25, 0.3) is 5.71 Å². The van der Waals surface area contributed by atoms with Crippen LogP contribution in [-0.4, -0.2) is 51.2 Å². The summed E-state index contributed by atoms with van der Waals surface area (Å²) in [6, 6.07) is -0.765. The Balaban J connectivity index is 1.81. The number of halogens is 3. The van der Waals surface area contributed by atoms with Gasteiger partial charge >= 0.3 is 6.18 Å². The van der Waals surface area contributed by atoms with Crippen molar-refractivity contribution in [2.75, 3.05) is 18.4 Å². The van der Waals surface area contributed by atoms with Crippen LogP contribution in [0, 0.1) is 6.92 Å². The van der Waals surface area contributed by atoms with Gasteiger partial charge in [0.15, 0.2) is 0 Å². The third-order valence-corrected chi connectivity index (χ3v) is 3.66. The molecule has 1 atom stereocenters. The summed E-state index contributed by atoms with van der Waals surface area (Å²) in [7, 11) is 0. The number of aromatic nitrogens is 3. The van der Waals surface area contributed by atoms with Gasteiger partial charge in [0.1, 0.15) is 30.1 Å². The largest absolute Gasteiger partial charge is 0.406 e. The molecule has 1 amide bonds. The molecule has 23 heavy (non-hydrogen) atoms. The molecule has 0 radical (unpaired) electrons. The number of rotatable bonds is 3. The van der Waals surface area contributed by atoms with Crippen LogP contribution in [0.25, 0.3) is 11.1 Å². The number of carbonyl (C=O) groups is 1. The standard InChI is InChI=1S/C13H14F3N5O2/c1-7-9-10(17-6-18-11(9)23-20-7)19-8-3-2-4-21(12(8)22)5-13(14,15)16/h6,8H,2-5H2,1H3,(H,17,18,19). The van der Waals surface area contributed by atoms with Crippen molar-refractivity contribution in [3.05, 3.63) is 12.0 Å². The number of hydrogen-bond acceptors (Lipinski definition) is 6. The van der Waals surface area contributed by atoms with Crippen LogP contribution in [0.2, 0.25) is 0 Å². The summed E-state index contributed by atoms with van der Waals surface area (Å²) in [6.07, 6.45) is -2.25. The average Bonchev–Trinajstić information content (AvgIpc) is 2.85. The van der Waals surface area contributed by atoms with Crippen molar-refractivity contribution >= 4 is 22.8 Å². The summed E-state index contributed by atoms with van der Waals surface area (Å²) in [5, 5.41) is 7.20. The number of hydrogen-bond donors (Lipinski definition) is 1. The van der Waals surface area contributed by atoms with Gasteiger partial charge < -0.3 is 14.7 Å². The first kappa shape index (κ1) is 15.5. The van der Waals surface area contributed by atoms with Crippen molar-refractivity contribution in [2.24, 2.45) is 0 Å². The van der Waals surface area contributed by atoms with Gasteiger partial charge in [-0.25, -0.2) is 4.98 Å². The molecule has 1 aliphatic rings. The van der Waals surface area contributed by atoms with E-state index < -0.39 is 24.7 Å². The van der Waals surface area contributed by atoms with Gasteiger partial charge in [-0.05, 0) is 19.8 Å². The van der Waals surface area contributed by atoms with Gasteiger partial charge in [-0.2, -0.15) is 18.2 Å². The molecule has 124 valence electrons. The molecule has 0 aliphatic carbocycles. The summed E-state index contributed by atoms with van der Waals surface area (Å²) in [6.45, 7) is 0.552. The third kappa shape index (κ3) is 3.20. The summed E-state index contributed by atoms with van der Waals surface area (Å²) in [5.41, 5.74) is 0.800. The van der Waals surface area contributed by atoms with E-state index in [1.165, 1.54) is 6.33 Å². The fourth-order valence-corrected chi connectivity index (χ4v) is 2.64. The number of fused-ring (bicyclic) bond motifs is 1. The molecule has 1 aliphatic heterocycles. The second-order valence-corrected chi connectivity index (χ2v) is 5.38. The molecule has 1 N–H and O–H groups in total. The van der Waals surface area contributed by atoms with Crippen LogP contribution in [0.15, 0.2) is 10.9 Å². The molecular weight excluding hydrogens is 315 g/mol. The number of likely N-dealkylation sites (tertiary alicyclic amines) is 1. The molecule has 0 aromatic carbocycles. The van der Waals surface area contributed by atoms with Crippen LogP contribution < -0.4 is 5.32 Å². The van der Waals surface area contributed by atoms with E-state index in [4.69, 9.17) is 4.52 Å². The number of amides is 1. The Morgan fingerprint density at radius 1 is 1.43 bits per heavy atom. The molecule has 10 heteroatoms. The van der Waals surface area contributed by atoms with Crippen molar-refractivity contribution in [3.8, 4) is 0 Å². The zero-order chi connectivity index (χ0) is 16.6. The smallest absolute Gasteiger partial charge is 0.358 e. The monoisotopic (exact) mass is 329 g/mol. The number of carbonyl (C=O) groups excluding carboxylic acids is 1. The van der Waals surface area contributed by atoms with Gasteiger partial charge in [-0.3, -0.25) is 4.79 Å². The summed E-state index contributed by atoms with van der Waals surface area (Å²) < 4.78 is 42.6. The maximum atomic E-state index is 12.5. The first-order chi connectivity index (χ1) is 10.8. The molecular formula is C13H14F3N5O2. The lowest BCUT2D eigenvalue weighted by molar-refractivity contribution is -0.163. The minimum absolute atomic E-state index is 0.0992. The normalized spacial score (nSPS) is 19.4. The highest BCUT2D eigenvalue weighted by atomic mass is 19.4. The Bertz CT molecular complexity index is 730. The van der Waals surface area contributed by atoms with Crippen molar-refractivity contribution < 1.29 is 22.5 Å². The van der Waals surface area contributed by atoms with E-state index in [9.17, 15) is 18.0 Å². The van der Waals surface area contributed by atoms with E-state index in [-0.39, 0.29) is 12.3 Å². The molecule has 2 aromatic heterocycles. The van der Waals surface area contributed by atoms with E-state index in [2.05, 4.69) is 20.4 Å². The summed E-state index contributed by atoms with van der Waals surface area (Å²) in [4.78, 5) is 21.0. The number of aryl methyl sites for hydroxylation is 1. The quantitative estimate of drug-likeness (QED) is 0.926. The highest BCUT2D eigenvalue weighted by Gasteiger charge is 2.37. The number of anilines is 1. The Morgan fingerprint density at radius 3 is 2.96 bits per heavy atom. The van der Waals surface area contributed by atoms with E-state index in [1.54, 1.807) is 6.92 Å². The van der Waals surface area contributed by atoms with Crippen molar-refractivity contribution in [1.29, 1.82) is 0 Å². The van der Waals surface area contributed by atoms with Crippen molar-refractivity contribution in [2.45, 2.75) is 32.0 Å². The Labute approximate surface area is 128 Å². The maximum Gasteiger partial charge on any atom is 0.406 e. The van der Waals surface area contributed by atoms with Gasteiger partial charge in [0.2, 0.25) is 5.91 Å². The van der Waals surface area contributed by atoms with Crippen LogP contribution in [0.5, 0.6) is 0 Å². The first-order valence-electron chi connectivity index (χ1n) is 7.04. The molecule has 1 saturated heterocycles. The maximum absolute atomic E-state index is 12.5. The Hall–Kier alpha value is -2.39. The SMILES string of the molecule is Cc1noc2ncnc(NC3CCCN(CC(F)(F)F)C3=O)c12. The van der Waals surface area contributed by atoms with E-state index >= 15 is 0 Å². The zero-order valence-electron chi connectivity index (χ0n) is 12.2. The predicted molar refractivity (Wildman–Crippen MR) is 73.6 cm³/mol. The molecule has 3 rings (SSSR count). The number of nitrogens with zero attached hydrogens (tertiary/aromatic N) is 4. The van der Waals surface area contributed by atoms with Crippen molar-refractivity contribution in [3.63, 3.8) is 0 Å². The summed E-state index contributed by atoms with van der Waals surface area (Å²) in [5.74, 6) is -0.254. The third-order valence-electron chi connectivity index (χ3n) is 3.66. The molecule has 7 nitrogen and oxygen atoms in total. The average molecular weight is 329 g/mol. The van der Waals surface area contributed by atoms with Crippen LogP contribution >= 0.6 is 0 Å². The lowest BCUT2D eigenvalue weighted by atomic mass is 10.0. The fraction of sp³-hybridized carbons (Fsp3) is 0.538. The fourth-order valence-electron chi connectivity index (χ4n) is 2.64. The van der Waals surface area contributed by atoms with E-state index in [0.29, 0.717) is 29.7 Å². The second kappa shape index (κ2) is 5.67. The van der Waals surface area contributed by atoms with Gasteiger partial charge in [-0.1, -0.05) is 5.16 Å². The van der Waals surface area contributed by atoms with Gasteiger partial charge in [0.05, 0.1) is 5.69 Å². The number of piperidine rings is 1. The van der Waals surface area contributed by atoms with E-state index in [1.807, 2.05) is 0 Å². The second-order valence-electron chi connectivity index (χ2n) is 5.38. The summed E-state index contributed by atoms with van der Waals surface area (Å²) >= 11 is 0. The van der Waals surface area contributed by atoms with Gasteiger partial charge in [0, 0.05) is 6.54 Å². The molecule has 0 saturated carbocycles. The topological polar surface area (TPSA) is 84.2 Å². The van der Waals surface area contributed by atoms with Crippen LogP contribution in [0.4, 0.5) is 19.0 Å². The van der Waals surface area contributed by atoms with Crippen LogP contribution in [-0.2, 0) is 4.79 Å². The zero-order valence-corrected chi connectivity index (χ0v) is 12.2. The minimum Gasteiger partial charge on any atom is -0.358 e. The lowest BCUT2D eigenvalue weighted by Gasteiger charge is -2.33. The highest BCUT2D eigenvalue weighted by molar-refractivity contribution is 5.91. The predicted octanol–water partition coefficient (Wildman–Crippen LogP) is 1.89. The molecule has 0 bridgehead atoms. The van der Waals surface area contributed by atoms with Crippen LogP contribution in [0.3, 0.4) is 0 Å². The number of nitrogens with one attached hydrogen (secondary N) is 1. The molecule has 1 fully saturated rings. The first-order valence-corrected chi connectivity index (χ1v) is 7.04. The highest BCUT2D eigenvalue weighted by Crippen LogP contribution is 2.26. The molecule has 0 spiro atoms. The minimum atomic E-state index is -4.41. The Kier molecular flexibility index (Phi) is 3.82.